The van der Waals surface area contributed by atoms with Crippen molar-refractivity contribution < 1.29 is 8.91 Å². The number of rotatable bonds is 4. The maximum absolute atomic E-state index is 13.2. The highest BCUT2D eigenvalue weighted by atomic mass is 19.1. The third-order valence-corrected chi connectivity index (χ3v) is 2.55. The topological polar surface area (TPSA) is 51.0 Å². The van der Waals surface area contributed by atoms with Crippen LogP contribution in [0.15, 0.2) is 22.7 Å². The summed E-state index contributed by atoms with van der Waals surface area (Å²) in [7, 11) is 0. The molecule has 1 aromatic heterocycles. The Morgan fingerprint density at radius 1 is 1.39 bits per heavy atom. The standard InChI is InChI=1S/C13H16FN3O/c1-8(2)15-7-12-16-13(17-18-12)10-4-5-11(14)9(3)6-10/h4-6,8,15H,7H2,1-3H3. The van der Waals surface area contributed by atoms with Crippen molar-refractivity contribution in [1.82, 2.24) is 15.5 Å². The summed E-state index contributed by atoms with van der Waals surface area (Å²) in [6.07, 6.45) is 0. The van der Waals surface area contributed by atoms with Crippen LogP contribution in [0.1, 0.15) is 25.3 Å². The van der Waals surface area contributed by atoms with Crippen LogP contribution in [0.25, 0.3) is 11.4 Å². The number of aromatic nitrogens is 2. The zero-order valence-electron chi connectivity index (χ0n) is 10.7. The van der Waals surface area contributed by atoms with Crippen LogP contribution in [-0.2, 0) is 6.54 Å². The van der Waals surface area contributed by atoms with Crippen LogP contribution in [0, 0.1) is 12.7 Å². The highest BCUT2D eigenvalue weighted by Crippen LogP contribution is 2.18. The van der Waals surface area contributed by atoms with Gasteiger partial charge in [-0.3, -0.25) is 0 Å². The molecule has 96 valence electrons. The lowest BCUT2D eigenvalue weighted by Gasteiger charge is -2.03. The molecule has 5 heteroatoms. The first-order valence-corrected chi connectivity index (χ1v) is 5.89. The van der Waals surface area contributed by atoms with E-state index in [0.29, 0.717) is 29.9 Å². The minimum atomic E-state index is -0.232. The molecule has 2 rings (SSSR count). The summed E-state index contributed by atoms with van der Waals surface area (Å²) >= 11 is 0. The first kappa shape index (κ1) is 12.7. The van der Waals surface area contributed by atoms with E-state index in [0.717, 1.165) is 5.56 Å². The predicted molar refractivity (Wildman–Crippen MR) is 66.4 cm³/mol. The normalized spacial score (nSPS) is 11.2. The van der Waals surface area contributed by atoms with Gasteiger partial charge in [0, 0.05) is 11.6 Å². The van der Waals surface area contributed by atoms with Crippen molar-refractivity contribution >= 4 is 0 Å². The number of nitrogens with zero attached hydrogens (tertiary/aromatic N) is 2. The van der Waals surface area contributed by atoms with Gasteiger partial charge in [0.05, 0.1) is 6.54 Å². The number of hydrogen-bond acceptors (Lipinski definition) is 4. The van der Waals surface area contributed by atoms with Crippen molar-refractivity contribution in [2.45, 2.75) is 33.4 Å². The van der Waals surface area contributed by atoms with Gasteiger partial charge in [-0.25, -0.2) is 4.39 Å². The number of halogens is 1. The van der Waals surface area contributed by atoms with Gasteiger partial charge >= 0.3 is 0 Å². The maximum Gasteiger partial charge on any atom is 0.240 e. The monoisotopic (exact) mass is 249 g/mol. The minimum absolute atomic E-state index is 0.232. The molecule has 0 atom stereocenters. The zero-order valence-corrected chi connectivity index (χ0v) is 10.7. The molecule has 0 amide bonds. The molecule has 0 fully saturated rings. The van der Waals surface area contributed by atoms with Crippen molar-refractivity contribution in [1.29, 1.82) is 0 Å². The molecule has 0 spiro atoms. The van der Waals surface area contributed by atoms with Gasteiger partial charge in [-0.05, 0) is 30.7 Å². The van der Waals surface area contributed by atoms with Crippen LogP contribution in [0.4, 0.5) is 4.39 Å². The average Bonchev–Trinajstić information content (AvgIpc) is 2.79. The Kier molecular flexibility index (Phi) is 3.72. The fourth-order valence-corrected chi connectivity index (χ4v) is 1.52. The quantitative estimate of drug-likeness (QED) is 0.905. The lowest BCUT2D eigenvalue weighted by Crippen LogP contribution is -2.21. The Labute approximate surface area is 105 Å². The number of hydrogen-bond donors (Lipinski definition) is 1. The van der Waals surface area contributed by atoms with Crippen molar-refractivity contribution in [3.63, 3.8) is 0 Å². The predicted octanol–water partition coefficient (Wildman–Crippen LogP) is 2.68. The molecular weight excluding hydrogens is 233 g/mol. The molecule has 1 heterocycles. The fraction of sp³-hybridized carbons (Fsp3) is 0.385. The lowest BCUT2D eigenvalue weighted by atomic mass is 10.1. The van der Waals surface area contributed by atoms with Crippen molar-refractivity contribution in [3.05, 3.63) is 35.5 Å². The molecule has 0 unspecified atom stereocenters. The molecule has 0 saturated carbocycles. The number of nitrogens with one attached hydrogen (secondary N) is 1. The number of aryl methyl sites for hydroxylation is 1. The molecule has 0 aliphatic heterocycles. The van der Waals surface area contributed by atoms with Gasteiger partial charge in [0.15, 0.2) is 0 Å². The fourth-order valence-electron chi connectivity index (χ4n) is 1.52. The molecule has 0 radical (unpaired) electrons. The third kappa shape index (κ3) is 2.92. The molecule has 0 saturated heterocycles. The molecule has 2 aromatic rings. The third-order valence-electron chi connectivity index (χ3n) is 2.55. The molecule has 4 nitrogen and oxygen atoms in total. The lowest BCUT2D eigenvalue weighted by molar-refractivity contribution is 0.362. The summed E-state index contributed by atoms with van der Waals surface area (Å²) in [5.41, 5.74) is 1.33. The molecule has 0 aliphatic carbocycles. The Morgan fingerprint density at radius 3 is 2.83 bits per heavy atom. The summed E-state index contributed by atoms with van der Waals surface area (Å²) in [5, 5.41) is 7.08. The Morgan fingerprint density at radius 2 is 2.17 bits per heavy atom. The highest BCUT2D eigenvalue weighted by Gasteiger charge is 2.10. The van der Waals surface area contributed by atoms with Crippen LogP contribution >= 0.6 is 0 Å². The van der Waals surface area contributed by atoms with Gasteiger partial charge in [0.1, 0.15) is 5.82 Å². The van der Waals surface area contributed by atoms with Crippen LogP contribution in [0.2, 0.25) is 0 Å². The van der Waals surface area contributed by atoms with Crippen LogP contribution in [0.5, 0.6) is 0 Å². The zero-order chi connectivity index (χ0) is 13.1. The average molecular weight is 249 g/mol. The molecule has 18 heavy (non-hydrogen) atoms. The van der Waals surface area contributed by atoms with E-state index in [4.69, 9.17) is 4.52 Å². The smallest absolute Gasteiger partial charge is 0.240 e. The van der Waals surface area contributed by atoms with Crippen molar-refractivity contribution in [3.8, 4) is 11.4 Å². The van der Waals surface area contributed by atoms with E-state index in [1.54, 1.807) is 19.1 Å². The second-order valence-electron chi connectivity index (χ2n) is 4.51. The van der Waals surface area contributed by atoms with E-state index in [1.165, 1.54) is 6.07 Å². The number of benzene rings is 1. The highest BCUT2D eigenvalue weighted by molar-refractivity contribution is 5.55. The van der Waals surface area contributed by atoms with E-state index in [2.05, 4.69) is 15.5 Å². The van der Waals surface area contributed by atoms with Gasteiger partial charge in [0.2, 0.25) is 11.7 Å². The van der Waals surface area contributed by atoms with Gasteiger partial charge in [0.25, 0.3) is 0 Å². The SMILES string of the molecule is Cc1cc(-c2noc(CNC(C)C)n2)ccc1F. The second-order valence-corrected chi connectivity index (χ2v) is 4.51. The van der Waals surface area contributed by atoms with Gasteiger partial charge in [-0.15, -0.1) is 0 Å². The summed E-state index contributed by atoms with van der Waals surface area (Å²) in [6, 6.07) is 5.12. The van der Waals surface area contributed by atoms with Crippen molar-refractivity contribution in [2.24, 2.45) is 0 Å². The summed E-state index contributed by atoms with van der Waals surface area (Å²) in [5.74, 6) is 0.781. The van der Waals surface area contributed by atoms with Crippen LogP contribution in [-0.4, -0.2) is 16.2 Å². The minimum Gasteiger partial charge on any atom is -0.338 e. The molecule has 0 bridgehead atoms. The second kappa shape index (κ2) is 5.27. The Balaban J connectivity index is 2.16. The van der Waals surface area contributed by atoms with Crippen LogP contribution in [0.3, 0.4) is 0 Å². The van der Waals surface area contributed by atoms with E-state index in [-0.39, 0.29) is 5.82 Å². The molecule has 0 aliphatic rings. The largest absolute Gasteiger partial charge is 0.338 e. The summed E-state index contributed by atoms with van der Waals surface area (Å²) in [6.45, 7) is 6.33. The van der Waals surface area contributed by atoms with Gasteiger partial charge in [-0.1, -0.05) is 19.0 Å². The van der Waals surface area contributed by atoms with E-state index >= 15 is 0 Å². The molecular formula is C13H16FN3O. The van der Waals surface area contributed by atoms with E-state index in [9.17, 15) is 4.39 Å². The summed E-state index contributed by atoms with van der Waals surface area (Å²) in [4.78, 5) is 4.26. The van der Waals surface area contributed by atoms with E-state index in [1.807, 2.05) is 13.8 Å². The summed E-state index contributed by atoms with van der Waals surface area (Å²) < 4.78 is 18.3. The maximum atomic E-state index is 13.2. The van der Waals surface area contributed by atoms with Gasteiger partial charge < -0.3 is 9.84 Å². The Hall–Kier alpha value is -1.75. The van der Waals surface area contributed by atoms with Crippen molar-refractivity contribution in [2.75, 3.05) is 0 Å². The first-order valence-electron chi connectivity index (χ1n) is 5.89. The molecule has 1 aromatic carbocycles. The van der Waals surface area contributed by atoms with Gasteiger partial charge in [-0.2, -0.15) is 4.98 Å². The molecule has 1 N–H and O–H groups in total. The first-order chi connectivity index (χ1) is 8.56. The van der Waals surface area contributed by atoms with E-state index < -0.39 is 0 Å². The van der Waals surface area contributed by atoms with Crippen LogP contribution < -0.4 is 5.32 Å². The Bertz CT molecular complexity index is 537.